The zero-order valence-electron chi connectivity index (χ0n) is 11.3. The van der Waals surface area contributed by atoms with Crippen LogP contribution in [0.1, 0.15) is 45.4 Å². The number of nitrogens with one attached hydrogen (secondary N) is 1. The molecule has 0 spiro atoms. The molecule has 0 aromatic rings. The third-order valence-corrected chi connectivity index (χ3v) is 4.90. The second kappa shape index (κ2) is 5.27. The molecule has 98 valence electrons. The van der Waals surface area contributed by atoms with Gasteiger partial charge < -0.3 is 10.2 Å². The highest BCUT2D eigenvalue weighted by Gasteiger charge is 2.42. The van der Waals surface area contributed by atoms with Crippen LogP contribution in [0.3, 0.4) is 0 Å². The first kappa shape index (κ1) is 12.0. The van der Waals surface area contributed by atoms with Crippen molar-refractivity contribution in [3.63, 3.8) is 0 Å². The van der Waals surface area contributed by atoms with E-state index in [2.05, 4.69) is 17.1 Å². The molecule has 0 amide bonds. The molecule has 0 bridgehead atoms. The van der Waals surface area contributed by atoms with Crippen molar-refractivity contribution in [1.29, 1.82) is 0 Å². The number of nitrogens with zero attached hydrogens (tertiary/aromatic N) is 1. The summed E-state index contributed by atoms with van der Waals surface area (Å²) in [6.07, 6.45) is 8.81. The molecule has 1 atom stereocenters. The molecule has 0 radical (unpaired) electrons. The highest BCUT2D eigenvalue weighted by molar-refractivity contribution is 4.93. The van der Waals surface area contributed by atoms with E-state index in [1.807, 2.05) is 0 Å². The van der Waals surface area contributed by atoms with Gasteiger partial charge in [-0.05, 0) is 49.9 Å². The summed E-state index contributed by atoms with van der Waals surface area (Å²) in [6.45, 7) is 7.53. The molecule has 3 rings (SSSR count). The average Bonchev–Trinajstić information content (AvgIpc) is 3.19. The molecule has 1 heterocycles. The highest BCUT2D eigenvalue weighted by atomic mass is 15.2. The summed E-state index contributed by atoms with van der Waals surface area (Å²) in [6, 6.07) is 0.771. The van der Waals surface area contributed by atoms with Crippen molar-refractivity contribution >= 4 is 0 Å². The highest BCUT2D eigenvalue weighted by Crippen LogP contribution is 2.49. The molecule has 0 aromatic carbocycles. The van der Waals surface area contributed by atoms with Crippen molar-refractivity contribution in [2.24, 2.45) is 17.8 Å². The third kappa shape index (κ3) is 3.23. The summed E-state index contributed by atoms with van der Waals surface area (Å²) >= 11 is 0. The van der Waals surface area contributed by atoms with E-state index < -0.39 is 0 Å². The molecule has 0 aromatic heterocycles. The van der Waals surface area contributed by atoms with E-state index in [0.717, 1.165) is 23.8 Å². The van der Waals surface area contributed by atoms with Crippen molar-refractivity contribution in [3.8, 4) is 0 Å². The van der Waals surface area contributed by atoms with Crippen molar-refractivity contribution in [2.75, 3.05) is 26.2 Å². The number of piperazine rings is 1. The minimum atomic E-state index is 0.771. The Kier molecular flexibility index (Phi) is 3.72. The zero-order chi connectivity index (χ0) is 11.7. The van der Waals surface area contributed by atoms with Crippen LogP contribution in [0.15, 0.2) is 0 Å². The van der Waals surface area contributed by atoms with Gasteiger partial charge in [0.05, 0.1) is 0 Å². The molecule has 1 aliphatic heterocycles. The lowest BCUT2D eigenvalue weighted by atomic mass is 9.96. The quantitative estimate of drug-likeness (QED) is 0.762. The van der Waals surface area contributed by atoms with E-state index in [0.29, 0.717) is 0 Å². The molecule has 2 nitrogen and oxygen atoms in total. The summed E-state index contributed by atoms with van der Waals surface area (Å²) in [7, 11) is 0. The second-order valence-electron chi connectivity index (χ2n) is 6.54. The zero-order valence-corrected chi connectivity index (χ0v) is 11.3. The minimum Gasteiger partial charge on any atom is -0.311 e. The van der Waals surface area contributed by atoms with Gasteiger partial charge in [0, 0.05) is 32.2 Å². The van der Waals surface area contributed by atoms with Gasteiger partial charge in [0.15, 0.2) is 0 Å². The Morgan fingerprint density at radius 1 is 1.18 bits per heavy atom. The van der Waals surface area contributed by atoms with Crippen LogP contribution in [-0.2, 0) is 0 Å². The van der Waals surface area contributed by atoms with Crippen LogP contribution >= 0.6 is 0 Å². The topological polar surface area (TPSA) is 15.3 Å². The SMILES string of the molecule is CCCC1CN(CC(C2CC2)C2CC2)CCN1. The Hall–Kier alpha value is -0.0800. The van der Waals surface area contributed by atoms with Gasteiger partial charge in [-0.1, -0.05) is 13.3 Å². The summed E-state index contributed by atoms with van der Waals surface area (Å²) in [5, 5.41) is 3.67. The standard InChI is InChI=1S/C15H28N2/c1-2-3-14-10-17(9-8-16-14)11-15(12-4-5-12)13-6-7-13/h12-16H,2-11H2,1H3. The second-order valence-corrected chi connectivity index (χ2v) is 6.54. The summed E-state index contributed by atoms with van der Waals surface area (Å²) in [4.78, 5) is 2.76. The molecule has 3 fully saturated rings. The Morgan fingerprint density at radius 3 is 2.47 bits per heavy atom. The predicted octanol–water partition coefficient (Wildman–Crippen LogP) is 2.50. The van der Waals surface area contributed by atoms with E-state index >= 15 is 0 Å². The maximum atomic E-state index is 3.67. The minimum absolute atomic E-state index is 0.771. The van der Waals surface area contributed by atoms with E-state index in [1.54, 1.807) is 0 Å². The largest absolute Gasteiger partial charge is 0.311 e. The van der Waals surface area contributed by atoms with Crippen LogP contribution in [0, 0.1) is 17.8 Å². The smallest absolute Gasteiger partial charge is 0.0195 e. The number of rotatable bonds is 6. The van der Waals surface area contributed by atoms with Crippen LogP contribution in [0.5, 0.6) is 0 Å². The van der Waals surface area contributed by atoms with Crippen molar-refractivity contribution in [1.82, 2.24) is 10.2 Å². The van der Waals surface area contributed by atoms with Gasteiger partial charge in [0.2, 0.25) is 0 Å². The van der Waals surface area contributed by atoms with Crippen LogP contribution in [0.2, 0.25) is 0 Å². The molecule has 2 aliphatic carbocycles. The molecular weight excluding hydrogens is 208 g/mol. The Morgan fingerprint density at radius 2 is 1.88 bits per heavy atom. The molecule has 3 aliphatic rings. The Bertz CT molecular complexity index is 231. The monoisotopic (exact) mass is 236 g/mol. The summed E-state index contributed by atoms with van der Waals surface area (Å²) < 4.78 is 0. The van der Waals surface area contributed by atoms with Gasteiger partial charge >= 0.3 is 0 Å². The lowest BCUT2D eigenvalue weighted by Gasteiger charge is -2.36. The first-order valence-electron chi connectivity index (χ1n) is 7.82. The van der Waals surface area contributed by atoms with Crippen LogP contribution < -0.4 is 5.32 Å². The third-order valence-electron chi connectivity index (χ3n) is 4.90. The van der Waals surface area contributed by atoms with Crippen LogP contribution in [0.25, 0.3) is 0 Å². The molecule has 2 saturated carbocycles. The molecular formula is C15H28N2. The lowest BCUT2D eigenvalue weighted by molar-refractivity contribution is 0.152. The summed E-state index contributed by atoms with van der Waals surface area (Å²) in [5.74, 6) is 3.29. The van der Waals surface area contributed by atoms with E-state index in [9.17, 15) is 0 Å². The van der Waals surface area contributed by atoms with Gasteiger partial charge in [-0.3, -0.25) is 0 Å². The van der Waals surface area contributed by atoms with Gasteiger partial charge in [0.25, 0.3) is 0 Å². The van der Waals surface area contributed by atoms with Gasteiger partial charge in [-0.2, -0.15) is 0 Å². The molecule has 17 heavy (non-hydrogen) atoms. The molecule has 2 heteroatoms. The fourth-order valence-electron chi connectivity index (χ4n) is 3.63. The molecule has 1 unspecified atom stereocenters. The van der Waals surface area contributed by atoms with E-state index in [4.69, 9.17) is 0 Å². The van der Waals surface area contributed by atoms with E-state index in [-0.39, 0.29) is 0 Å². The summed E-state index contributed by atoms with van der Waals surface area (Å²) in [5.41, 5.74) is 0. The van der Waals surface area contributed by atoms with Crippen molar-refractivity contribution < 1.29 is 0 Å². The fraction of sp³-hybridized carbons (Fsp3) is 1.00. The van der Waals surface area contributed by atoms with Crippen LogP contribution in [-0.4, -0.2) is 37.1 Å². The average molecular weight is 236 g/mol. The van der Waals surface area contributed by atoms with Crippen molar-refractivity contribution in [2.45, 2.75) is 51.5 Å². The van der Waals surface area contributed by atoms with Gasteiger partial charge in [0.1, 0.15) is 0 Å². The number of hydrogen-bond donors (Lipinski definition) is 1. The molecule has 1 N–H and O–H groups in total. The maximum absolute atomic E-state index is 3.67. The molecule has 1 saturated heterocycles. The van der Waals surface area contributed by atoms with E-state index in [1.165, 1.54) is 64.7 Å². The van der Waals surface area contributed by atoms with Crippen LogP contribution in [0.4, 0.5) is 0 Å². The first-order chi connectivity index (χ1) is 8.36. The first-order valence-corrected chi connectivity index (χ1v) is 7.82. The lowest BCUT2D eigenvalue weighted by Crippen LogP contribution is -2.51. The maximum Gasteiger partial charge on any atom is 0.0195 e. The normalized spacial score (nSPS) is 31.1. The number of hydrogen-bond acceptors (Lipinski definition) is 2. The fourth-order valence-corrected chi connectivity index (χ4v) is 3.63. The Balaban J connectivity index is 1.49. The van der Waals surface area contributed by atoms with Gasteiger partial charge in [-0.25, -0.2) is 0 Å². The predicted molar refractivity (Wildman–Crippen MR) is 72.1 cm³/mol. The van der Waals surface area contributed by atoms with Gasteiger partial charge in [-0.15, -0.1) is 0 Å². The Labute approximate surface area is 106 Å². The van der Waals surface area contributed by atoms with Crippen molar-refractivity contribution in [3.05, 3.63) is 0 Å².